The number of ether oxygens (including phenoxy) is 1. The summed E-state index contributed by atoms with van der Waals surface area (Å²) < 4.78 is 5.46. The third-order valence-corrected chi connectivity index (χ3v) is 4.92. The second-order valence-electron chi connectivity index (χ2n) is 6.59. The first kappa shape index (κ1) is 17.5. The molecule has 5 heteroatoms. The van der Waals surface area contributed by atoms with Gasteiger partial charge in [-0.15, -0.1) is 0 Å². The number of fused-ring (bicyclic) bond motifs is 1. The van der Waals surface area contributed by atoms with Crippen molar-refractivity contribution >= 4 is 5.91 Å². The lowest BCUT2D eigenvalue weighted by Gasteiger charge is -2.26. The van der Waals surface area contributed by atoms with Gasteiger partial charge in [-0.1, -0.05) is 60.7 Å². The van der Waals surface area contributed by atoms with Crippen LogP contribution in [0.3, 0.4) is 0 Å². The summed E-state index contributed by atoms with van der Waals surface area (Å²) in [4.78, 5) is 15.0. The highest BCUT2D eigenvalue weighted by molar-refractivity contribution is 6.00. The smallest absolute Gasteiger partial charge is 0.273 e. The van der Waals surface area contributed by atoms with Gasteiger partial charge in [-0.2, -0.15) is 5.10 Å². The Balaban J connectivity index is 1.74. The van der Waals surface area contributed by atoms with E-state index in [0.717, 1.165) is 28.8 Å². The van der Waals surface area contributed by atoms with Crippen molar-refractivity contribution in [2.24, 2.45) is 0 Å². The molecule has 2 aromatic carbocycles. The van der Waals surface area contributed by atoms with Gasteiger partial charge in [0, 0.05) is 30.9 Å². The van der Waals surface area contributed by atoms with Gasteiger partial charge in [-0.3, -0.25) is 9.89 Å². The van der Waals surface area contributed by atoms with E-state index in [1.807, 2.05) is 60.4 Å². The summed E-state index contributed by atoms with van der Waals surface area (Å²) in [7, 11) is 0. The Morgan fingerprint density at radius 1 is 1.07 bits per heavy atom. The fourth-order valence-electron chi connectivity index (χ4n) is 3.71. The highest BCUT2D eigenvalue weighted by Crippen LogP contribution is 2.42. The number of carbonyl (C=O) groups is 1. The summed E-state index contributed by atoms with van der Waals surface area (Å²) in [5.74, 6) is 0.00466. The van der Waals surface area contributed by atoms with Crippen molar-refractivity contribution in [3.05, 3.63) is 77.5 Å². The largest absolute Gasteiger partial charge is 0.382 e. The van der Waals surface area contributed by atoms with Gasteiger partial charge < -0.3 is 9.64 Å². The number of aromatic nitrogens is 2. The molecule has 0 spiro atoms. The normalized spacial score (nSPS) is 16.0. The lowest BCUT2D eigenvalue weighted by atomic mass is 9.96. The van der Waals surface area contributed by atoms with Crippen LogP contribution in [0.5, 0.6) is 0 Å². The number of benzene rings is 2. The zero-order valence-corrected chi connectivity index (χ0v) is 15.4. The van der Waals surface area contributed by atoms with E-state index < -0.39 is 0 Å². The highest BCUT2D eigenvalue weighted by Gasteiger charge is 2.41. The van der Waals surface area contributed by atoms with Gasteiger partial charge in [0.15, 0.2) is 0 Å². The molecule has 0 saturated heterocycles. The van der Waals surface area contributed by atoms with Gasteiger partial charge in [-0.05, 0) is 18.9 Å². The lowest BCUT2D eigenvalue weighted by Crippen LogP contribution is -2.31. The minimum Gasteiger partial charge on any atom is -0.382 e. The molecule has 0 aliphatic carbocycles. The maximum absolute atomic E-state index is 13.1. The van der Waals surface area contributed by atoms with Crippen LogP contribution in [0.4, 0.5) is 0 Å². The van der Waals surface area contributed by atoms with Crippen molar-refractivity contribution in [3.8, 4) is 11.3 Å². The first-order chi connectivity index (χ1) is 13.3. The molecule has 0 bridgehead atoms. The summed E-state index contributed by atoms with van der Waals surface area (Å²) in [5.41, 5.74) is 4.52. The van der Waals surface area contributed by atoms with Crippen molar-refractivity contribution in [2.75, 3.05) is 19.8 Å². The van der Waals surface area contributed by atoms with E-state index >= 15 is 0 Å². The van der Waals surface area contributed by atoms with E-state index in [1.165, 1.54) is 0 Å². The standard InChI is InChI=1S/C22H23N3O2/c1-2-27-15-9-14-25-21(17-12-7-4-8-13-17)18-19(16-10-5-3-6-11-16)23-24-20(18)22(25)26/h3-8,10-13,21H,2,9,14-15H2,1H3,(H,23,24)/t21-/m1/s1. The molecule has 3 aromatic rings. The maximum atomic E-state index is 13.1. The molecule has 1 aliphatic heterocycles. The van der Waals surface area contributed by atoms with Gasteiger partial charge >= 0.3 is 0 Å². The second-order valence-corrected chi connectivity index (χ2v) is 6.59. The van der Waals surface area contributed by atoms with E-state index in [-0.39, 0.29) is 11.9 Å². The molecule has 1 aromatic heterocycles. The molecule has 2 heterocycles. The second kappa shape index (κ2) is 7.76. The third kappa shape index (κ3) is 3.26. The zero-order valence-electron chi connectivity index (χ0n) is 15.4. The first-order valence-electron chi connectivity index (χ1n) is 9.38. The summed E-state index contributed by atoms with van der Waals surface area (Å²) in [6, 6.07) is 20.1. The Kier molecular flexibility index (Phi) is 5.03. The van der Waals surface area contributed by atoms with E-state index in [9.17, 15) is 4.79 Å². The molecule has 5 nitrogen and oxygen atoms in total. The maximum Gasteiger partial charge on any atom is 0.273 e. The highest BCUT2D eigenvalue weighted by atomic mass is 16.5. The summed E-state index contributed by atoms with van der Waals surface area (Å²) in [6.07, 6.45) is 0.807. The van der Waals surface area contributed by atoms with E-state index in [0.29, 0.717) is 25.5 Å². The summed E-state index contributed by atoms with van der Waals surface area (Å²) >= 11 is 0. The van der Waals surface area contributed by atoms with Crippen LogP contribution in [-0.4, -0.2) is 40.8 Å². The van der Waals surface area contributed by atoms with Gasteiger partial charge in [0.2, 0.25) is 0 Å². The van der Waals surface area contributed by atoms with Gasteiger partial charge in [0.05, 0.1) is 11.7 Å². The number of hydrogen-bond acceptors (Lipinski definition) is 3. The molecule has 0 fully saturated rings. The monoisotopic (exact) mass is 361 g/mol. The molecule has 4 rings (SSSR count). The van der Waals surface area contributed by atoms with E-state index in [1.54, 1.807) is 0 Å². The van der Waals surface area contributed by atoms with Crippen LogP contribution in [0.1, 0.15) is 41.0 Å². The molecule has 0 radical (unpaired) electrons. The minimum absolute atomic E-state index is 0.00466. The number of nitrogens with zero attached hydrogens (tertiary/aromatic N) is 2. The third-order valence-electron chi connectivity index (χ3n) is 4.92. The van der Waals surface area contributed by atoms with Gasteiger partial charge in [-0.25, -0.2) is 0 Å². The number of H-pyrrole nitrogens is 1. The molecule has 1 atom stereocenters. The van der Waals surface area contributed by atoms with Crippen molar-refractivity contribution < 1.29 is 9.53 Å². The van der Waals surface area contributed by atoms with E-state index in [4.69, 9.17) is 4.74 Å². The Morgan fingerprint density at radius 3 is 2.48 bits per heavy atom. The number of nitrogens with one attached hydrogen (secondary N) is 1. The number of carbonyl (C=O) groups excluding carboxylic acids is 1. The quantitative estimate of drug-likeness (QED) is 0.646. The van der Waals surface area contributed by atoms with Crippen molar-refractivity contribution in [1.29, 1.82) is 0 Å². The lowest BCUT2D eigenvalue weighted by molar-refractivity contribution is 0.0710. The van der Waals surface area contributed by atoms with Crippen LogP contribution < -0.4 is 0 Å². The Bertz CT molecular complexity index is 906. The van der Waals surface area contributed by atoms with Crippen LogP contribution in [0, 0.1) is 0 Å². The molecule has 1 aliphatic rings. The Morgan fingerprint density at radius 2 is 1.78 bits per heavy atom. The van der Waals surface area contributed by atoms with Gasteiger partial charge in [0.1, 0.15) is 5.69 Å². The molecule has 27 heavy (non-hydrogen) atoms. The van der Waals surface area contributed by atoms with Crippen LogP contribution in [0.2, 0.25) is 0 Å². The Labute approximate surface area is 159 Å². The predicted molar refractivity (Wildman–Crippen MR) is 104 cm³/mol. The SMILES string of the molecule is CCOCCCN1C(=O)c2[nH]nc(-c3ccccc3)c2[C@H]1c1ccccc1. The van der Waals surface area contributed by atoms with Gasteiger partial charge in [0.25, 0.3) is 5.91 Å². The zero-order chi connectivity index (χ0) is 18.6. The first-order valence-corrected chi connectivity index (χ1v) is 9.38. The van der Waals surface area contributed by atoms with Crippen molar-refractivity contribution in [1.82, 2.24) is 15.1 Å². The number of amides is 1. The molecule has 0 saturated carbocycles. The predicted octanol–water partition coefficient (Wildman–Crippen LogP) is 4.05. The van der Waals surface area contributed by atoms with E-state index in [2.05, 4.69) is 22.3 Å². The molecule has 0 unspecified atom stereocenters. The fraction of sp³-hybridized carbons (Fsp3) is 0.273. The molecular formula is C22H23N3O2. The van der Waals surface area contributed by atoms with Crippen molar-refractivity contribution in [2.45, 2.75) is 19.4 Å². The molecule has 1 amide bonds. The summed E-state index contributed by atoms with van der Waals surface area (Å²) in [6.45, 7) is 3.97. The molecule has 138 valence electrons. The number of hydrogen-bond donors (Lipinski definition) is 1. The van der Waals surface area contributed by atoms with Crippen LogP contribution in [0.15, 0.2) is 60.7 Å². The molecular weight excluding hydrogens is 338 g/mol. The van der Waals surface area contributed by atoms with Crippen LogP contribution in [0.25, 0.3) is 11.3 Å². The summed E-state index contributed by atoms with van der Waals surface area (Å²) in [5, 5.41) is 7.47. The van der Waals surface area contributed by atoms with Crippen LogP contribution >= 0.6 is 0 Å². The Hall–Kier alpha value is -2.92. The average Bonchev–Trinajstić information content (AvgIpc) is 3.26. The number of aromatic amines is 1. The minimum atomic E-state index is -0.135. The molecule has 1 N–H and O–H groups in total. The fourth-order valence-corrected chi connectivity index (χ4v) is 3.71. The van der Waals surface area contributed by atoms with Crippen LogP contribution in [-0.2, 0) is 4.74 Å². The average molecular weight is 361 g/mol. The number of rotatable bonds is 7. The topological polar surface area (TPSA) is 58.2 Å². The van der Waals surface area contributed by atoms with Crippen molar-refractivity contribution in [3.63, 3.8) is 0 Å².